The van der Waals surface area contributed by atoms with Gasteiger partial charge in [0.15, 0.2) is 11.2 Å². The Balaban J connectivity index is 1.71. The third kappa shape index (κ3) is 3.06. The highest BCUT2D eigenvalue weighted by Gasteiger charge is 2.12. The van der Waals surface area contributed by atoms with Crippen molar-refractivity contribution in [1.82, 2.24) is 24.0 Å². The molecule has 1 fully saturated rings. The van der Waals surface area contributed by atoms with Crippen molar-refractivity contribution in [3.63, 3.8) is 0 Å². The minimum absolute atomic E-state index is 0.390. The van der Waals surface area contributed by atoms with Crippen LogP contribution in [0.1, 0.15) is 25.7 Å². The average Bonchev–Trinajstić information content (AvgIpc) is 2.95. The number of fused-ring (bicyclic) bond motifs is 1. The Bertz CT molecular complexity index is 844. The minimum atomic E-state index is -0.445. The van der Waals surface area contributed by atoms with Crippen LogP contribution in [-0.2, 0) is 13.6 Å². The molecule has 1 N–H and O–H groups in total. The van der Waals surface area contributed by atoms with Gasteiger partial charge in [-0.05, 0) is 19.3 Å². The van der Waals surface area contributed by atoms with Crippen LogP contribution in [0, 0.1) is 0 Å². The Morgan fingerprint density at radius 1 is 1.30 bits per heavy atom. The lowest BCUT2D eigenvalue weighted by Gasteiger charge is -2.26. The first-order valence-electron chi connectivity index (χ1n) is 7.96. The van der Waals surface area contributed by atoms with Gasteiger partial charge in [-0.1, -0.05) is 0 Å². The third-order valence-electron chi connectivity index (χ3n) is 4.31. The molecule has 8 nitrogen and oxygen atoms in total. The number of nitrogens with zero attached hydrogens (tertiary/aromatic N) is 5. The number of nitrogens with one attached hydrogen (secondary N) is 1. The molecule has 2 aromatic rings. The topological polar surface area (TPSA) is 88.3 Å². The van der Waals surface area contributed by atoms with Crippen molar-refractivity contribution in [2.24, 2.45) is 12.0 Å². The van der Waals surface area contributed by atoms with Gasteiger partial charge in [-0.2, -0.15) is 0 Å². The van der Waals surface area contributed by atoms with E-state index in [1.54, 1.807) is 17.9 Å². The van der Waals surface area contributed by atoms with Gasteiger partial charge in [-0.15, -0.1) is 0 Å². The van der Waals surface area contributed by atoms with Crippen LogP contribution < -0.4 is 11.2 Å². The highest BCUT2D eigenvalue weighted by Crippen LogP contribution is 2.10. The lowest BCUT2D eigenvalue weighted by molar-refractivity contribution is 0.431. The molecule has 0 saturated carbocycles. The molecule has 0 aliphatic carbocycles. The summed E-state index contributed by atoms with van der Waals surface area (Å²) in [7, 11) is 3.68. The van der Waals surface area contributed by atoms with Crippen molar-refractivity contribution in [2.75, 3.05) is 20.1 Å². The molecule has 23 heavy (non-hydrogen) atoms. The summed E-state index contributed by atoms with van der Waals surface area (Å²) in [5, 5.41) is 0. The molecule has 0 bridgehead atoms. The maximum Gasteiger partial charge on any atom is 0.329 e. The van der Waals surface area contributed by atoms with Gasteiger partial charge in [0.1, 0.15) is 0 Å². The van der Waals surface area contributed by atoms with Crippen LogP contribution in [0.15, 0.2) is 20.9 Å². The summed E-state index contributed by atoms with van der Waals surface area (Å²) < 4.78 is 3.14. The Labute approximate surface area is 133 Å². The second kappa shape index (κ2) is 6.39. The number of H-pyrrole nitrogens is 1. The van der Waals surface area contributed by atoms with Crippen LogP contribution in [0.5, 0.6) is 0 Å². The normalized spacial score (nSPS) is 17.3. The quantitative estimate of drug-likeness (QED) is 0.823. The maximum atomic E-state index is 12.0. The van der Waals surface area contributed by atoms with E-state index in [1.165, 1.54) is 23.2 Å². The van der Waals surface area contributed by atoms with Gasteiger partial charge in [0.25, 0.3) is 5.56 Å². The van der Waals surface area contributed by atoms with Crippen LogP contribution in [0.2, 0.25) is 0 Å². The van der Waals surface area contributed by atoms with E-state index in [0.29, 0.717) is 17.7 Å². The van der Waals surface area contributed by atoms with Crippen LogP contribution in [-0.4, -0.2) is 50.0 Å². The molecule has 0 radical (unpaired) electrons. The molecule has 0 aromatic carbocycles. The second-order valence-corrected chi connectivity index (χ2v) is 5.96. The fraction of sp³-hybridized carbons (Fsp3) is 0.600. The smallest absolute Gasteiger partial charge is 0.329 e. The summed E-state index contributed by atoms with van der Waals surface area (Å²) in [6.45, 7) is 2.45. The molecule has 2 aromatic heterocycles. The zero-order valence-corrected chi connectivity index (χ0v) is 13.6. The zero-order valence-electron chi connectivity index (χ0n) is 13.6. The first-order valence-corrected chi connectivity index (χ1v) is 7.96. The number of aliphatic imine (C=N–C) groups is 1. The molecule has 0 amide bonds. The van der Waals surface area contributed by atoms with E-state index in [9.17, 15) is 9.59 Å². The summed E-state index contributed by atoms with van der Waals surface area (Å²) >= 11 is 0. The molecule has 0 atom stereocenters. The first-order chi connectivity index (χ1) is 11.1. The average molecular weight is 318 g/mol. The highest BCUT2D eigenvalue weighted by molar-refractivity contribution is 5.82. The fourth-order valence-corrected chi connectivity index (χ4v) is 2.96. The van der Waals surface area contributed by atoms with Crippen molar-refractivity contribution in [3.05, 3.63) is 27.2 Å². The number of hydrogen-bond donors (Lipinski definition) is 1. The van der Waals surface area contributed by atoms with Crippen LogP contribution in [0.3, 0.4) is 0 Å². The largest absolute Gasteiger partial charge is 0.363 e. The van der Waals surface area contributed by atoms with E-state index in [-0.39, 0.29) is 5.56 Å². The van der Waals surface area contributed by atoms with Gasteiger partial charge in [-0.25, -0.2) is 9.78 Å². The number of piperidine rings is 1. The number of aromatic amines is 1. The molecule has 8 heteroatoms. The number of aromatic nitrogens is 4. The maximum absolute atomic E-state index is 12.0. The van der Waals surface area contributed by atoms with Gasteiger partial charge in [-0.3, -0.25) is 19.3 Å². The van der Waals surface area contributed by atoms with Gasteiger partial charge in [0.05, 0.1) is 12.2 Å². The van der Waals surface area contributed by atoms with Crippen LogP contribution in [0.4, 0.5) is 0 Å². The molecule has 1 aliphatic heterocycles. The van der Waals surface area contributed by atoms with E-state index in [4.69, 9.17) is 0 Å². The Morgan fingerprint density at radius 2 is 2.13 bits per heavy atom. The van der Waals surface area contributed by atoms with Gasteiger partial charge in [0.2, 0.25) is 0 Å². The van der Waals surface area contributed by atoms with Crippen molar-refractivity contribution in [2.45, 2.75) is 32.2 Å². The van der Waals surface area contributed by atoms with Crippen molar-refractivity contribution < 1.29 is 0 Å². The van der Waals surface area contributed by atoms with E-state index in [2.05, 4.69) is 26.9 Å². The lowest BCUT2D eigenvalue weighted by Crippen LogP contribution is -2.31. The molecule has 1 aliphatic rings. The number of amidine groups is 1. The Morgan fingerprint density at radius 3 is 2.91 bits per heavy atom. The molecular weight excluding hydrogens is 296 g/mol. The summed E-state index contributed by atoms with van der Waals surface area (Å²) in [4.78, 5) is 36.9. The molecular formula is C15H22N6O2. The predicted octanol–water partition coefficient (Wildman–Crippen LogP) is 0.328. The molecule has 0 unspecified atom stereocenters. The SMILES string of the molecule is CN1CCCCC1=NCCCn1cnc2c1c(=O)[nH]c(=O)n2C. The predicted molar refractivity (Wildman–Crippen MR) is 89.0 cm³/mol. The summed E-state index contributed by atoms with van der Waals surface area (Å²) in [6.07, 6.45) is 5.92. The monoisotopic (exact) mass is 318 g/mol. The van der Waals surface area contributed by atoms with E-state index in [1.807, 2.05) is 0 Å². The molecule has 0 spiro atoms. The molecule has 124 valence electrons. The highest BCUT2D eigenvalue weighted by atomic mass is 16.2. The molecule has 3 rings (SSSR count). The first kappa shape index (κ1) is 15.5. The van der Waals surface area contributed by atoms with Gasteiger partial charge >= 0.3 is 5.69 Å². The van der Waals surface area contributed by atoms with E-state index < -0.39 is 5.69 Å². The van der Waals surface area contributed by atoms with Gasteiger partial charge in [0, 0.05) is 40.2 Å². The molecule has 1 saturated heterocycles. The number of likely N-dealkylation sites (tertiary alicyclic amines) is 1. The Hall–Kier alpha value is -2.38. The van der Waals surface area contributed by atoms with Crippen LogP contribution in [0.25, 0.3) is 11.2 Å². The van der Waals surface area contributed by atoms with Crippen molar-refractivity contribution >= 4 is 17.0 Å². The zero-order chi connectivity index (χ0) is 16.4. The number of rotatable bonds is 4. The van der Waals surface area contributed by atoms with Crippen molar-refractivity contribution in [3.8, 4) is 0 Å². The minimum Gasteiger partial charge on any atom is -0.363 e. The summed E-state index contributed by atoms with van der Waals surface area (Å²) in [5.74, 6) is 1.17. The third-order valence-corrected chi connectivity index (χ3v) is 4.31. The number of imidazole rings is 1. The lowest BCUT2D eigenvalue weighted by atomic mass is 10.1. The van der Waals surface area contributed by atoms with E-state index in [0.717, 1.165) is 25.9 Å². The molecule has 3 heterocycles. The summed E-state index contributed by atoms with van der Waals surface area (Å²) in [5.41, 5.74) is 0.0185. The summed E-state index contributed by atoms with van der Waals surface area (Å²) in [6, 6.07) is 0. The van der Waals surface area contributed by atoms with E-state index >= 15 is 0 Å². The second-order valence-electron chi connectivity index (χ2n) is 5.96. The number of hydrogen-bond acceptors (Lipinski definition) is 4. The Kier molecular flexibility index (Phi) is 4.31. The van der Waals surface area contributed by atoms with Crippen molar-refractivity contribution in [1.29, 1.82) is 0 Å². The van der Waals surface area contributed by atoms with Crippen LogP contribution >= 0.6 is 0 Å². The standard InChI is InChI=1S/C15H22N6O2/c1-19-8-4-3-6-11(19)16-7-5-9-21-10-17-13-12(21)14(22)18-15(23)20(13)2/h10H,3-9H2,1-2H3,(H,18,22,23). The fourth-order valence-electron chi connectivity index (χ4n) is 2.96. The van der Waals surface area contributed by atoms with Gasteiger partial charge < -0.3 is 9.47 Å². The number of aryl methyl sites for hydroxylation is 2.